The number of hydrogen-bond acceptors (Lipinski definition) is 0. The fraction of sp³-hybridized carbons (Fsp3) is 1.00. The van der Waals surface area contributed by atoms with E-state index in [9.17, 15) is 0 Å². The Morgan fingerprint density at radius 2 is 1.13 bits per heavy atom. The summed E-state index contributed by atoms with van der Waals surface area (Å²) in [7, 11) is 0. The Hall–Kier alpha value is 0.250. The monoisotopic (exact) mass is 235 g/mol. The van der Waals surface area contributed by atoms with Crippen LogP contribution in [0.1, 0.15) is 66.2 Å². The van der Waals surface area contributed by atoms with Gasteiger partial charge in [-0.05, 0) is 25.7 Å². The summed E-state index contributed by atoms with van der Waals surface area (Å²) in [5, 5.41) is 0. The molecule has 0 aliphatic heterocycles. The molecule has 0 bridgehead atoms. The molecule has 0 fully saturated rings. The predicted octanol–water partition coefficient (Wildman–Crippen LogP) is -0.336. The quantitative estimate of drug-likeness (QED) is 0.558. The first-order valence-electron chi connectivity index (χ1n) is 6.64. The molecule has 0 atom stereocenters. The molecule has 1 N–H and O–H groups in total. The van der Waals surface area contributed by atoms with Gasteiger partial charge in [-0.3, -0.25) is 0 Å². The van der Waals surface area contributed by atoms with Crippen LogP contribution < -0.4 is 17.3 Å². The van der Waals surface area contributed by atoms with Crippen molar-refractivity contribution in [1.82, 2.24) is 0 Å². The molecule has 0 spiro atoms. The number of rotatable bonds is 9. The molecule has 0 rings (SSSR count). The van der Waals surface area contributed by atoms with Crippen molar-refractivity contribution < 1.29 is 17.3 Å². The SMILES string of the molecule is CCCC(CCC)[NH+](CCC)CCC.[Cl-]. The minimum atomic E-state index is 0. The van der Waals surface area contributed by atoms with E-state index in [1.54, 1.807) is 0 Å². The molecule has 0 unspecified atom stereocenters. The Balaban J connectivity index is 0. The van der Waals surface area contributed by atoms with E-state index < -0.39 is 0 Å². The van der Waals surface area contributed by atoms with Gasteiger partial charge in [0.05, 0.1) is 19.1 Å². The second kappa shape index (κ2) is 12.3. The van der Waals surface area contributed by atoms with Crippen molar-refractivity contribution >= 4 is 0 Å². The van der Waals surface area contributed by atoms with Gasteiger partial charge >= 0.3 is 0 Å². The molecule has 0 saturated carbocycles. The van der Waals surface area contributed by atoms with Gasteiger partial charge in [0.25, 0.3) is 0 Å². The molecule has 0 aliphatic carbocycles. The molecule has 0 aromatic carbocycles. The molecular formula is C13H30ClN. The molecule has 0 saturated heterocycles. The van der Waals surface area contributed by atoms with Crippen LogP contribution in [0.25, 0.3) is 0 Å². The van der Waals surface area contributed by atoms with Gasteiger partial charge in [-0.25, -0.2) is 0 Å². The molecule has 0 amide bonds. The van der Waals surface area contributed by atoms with Crippen molar-refractivity contribution in [3.8, 4) is 0 Å². The van der Waals surface area contributed by atoms with Crippen LogP contribution in [0.4, 0.5) is 0 Å². The van der Waals surface area contributed by atoms with E-state index in [0.29, 0.717) is 0 Å². The summed E-state index contributed by atoms with van der Waals surface area (Å²) < 4.78 is 0. The molecule has 15 heavy (non-hydrogen) atoms. The largest absolute Gasteiger partial charge is 1.00 e. The van der Waals surface area contributed by atoms with Gasteiger partial charge in [0.1, 0.15) is 0 Å². The van der Waals surface area contributed by atoms with Crippen molar-refractivity contribution in [3.05, 3.63) is 0 Å². The average molecular weight is 236 g/mol. The molecule has 0 heterocycles. The summed E-state index contributed by atoms with van der Waals surface area (Å²) in [5.74, 6) is 0. The minimum Gasteiger partial charge on any atom is -1.00 e. The van der Waals surface area contributed by atoms with Gasteiger partial charge < -0.3 is 17.3 Å². The summed E-state index contributed by atoms with van der Waals surface area (Å²) in [6.45, 7) is 12.0. The Kier molecular flexibility index (Phi) is 14.5. The highest BCUT2D eigenvalue weighted by Crippen LogP contribution is 2.01. The normalized spacial score (nSPS) is 10.8. The predicted molar refractivity (Wildman–Crippen MR) is 64.9 cm³/mol. The van der Waals surface area contributed by atoms with Crippen molar-refractivity contribution in [2.24, 2.45) is 0 Å². The second-order valence-corrected chi connectivity index (χ2v) is 4.43. The zero-order chi connectivity index (χ0) is 10.8. The van der Waals surface area contributed by atoms with Crippen LogP contribution >= 0.6 is 0 Å². The number of nitrogens with one attached hydrogen (secondary N) is 1. The van der Waals surface area contributed by atoms with Crippen molar-refractivity contribution in [1.29, 1.82) is 0 Å². The number of quaternary nitrogens is 1. The maximum Gasteiger partial charge on any atom is 0.0874 e. The van der Waals surface area contributed by atoms with E-state index in [0.717, 1.165) is 6.04 Å². The third-order valence-electron chi connectivity index (χ3n) is 2.99. The highest BCUT2D eigenvalue weighted by Gasteiger charge is 2.18. The van der Waals surface area contributed by atoms with E-state index in [1.807, 2.05) is 4.90 Å². The minimum absolute atomic E-state index is 0. The molecule has 0 aromatic heterocycles. The van der Waals surface area contributed by atoms with E-state index in [2.05, 4.69) is 27.7 Å². The lowest BCUT2D eigenvalue weighted by Gasteiger charge is -2.28. The maximum absolute atomic E-state index is 2.32. The summed E-state index contributed by atoms with van der Waals surface area (Å²) in [6, 6.07) is 0.935. The second-order valence-electron chi connectivity index (χ2n) is 4.43. The highest BCUT2D eigenvalue weighted by atomic mass is 35.5. The highest BCUT2D eigenvalue weighted by molar-refractivity contribution is 4.54. The summed E-state index contributed by atoms with van der Waals surface area (Å²) in [5.41, 5.74) is 0. The third kappa shape index (κ3) is 8.10. The molecular weight excluding hydrogens is 206 g/mol. The van der Waals surface area contributed by atoms with Crippen molar-refractivity contribution in [2.45, 2.75) is 72.3 Å². The first kappa shape index (κ1) is 17.6. The molecule has 0 aliphatic rings. The lowest BCUT2D eigenvalue weighted by Crippen LogP contribution is -3.15. The first-order chi connectivity index (χ1) is 6.79. The summed E-state index contributed by atoms with van der Waals surface area (Å²) >= 11 is 0. The zero-order valence-electron chi connectivity index (χ0n) is 11.1. The summed E-state index contributed by atoms with van der Waals surface area (Å²) in [6.07, 6.45) is 8.20. The van der Waals surface area contributed by atoms with Gasteiger partial charge in [0.15, 0.2) is 0 Å². The molecule has 0 aromatic rings. The standard InChI is InChI=1S/C13H29N.ClH/c1-5-9-13(10-6-2)14(11-7-3)12-8-4;/h13H,5-12H2,1-4H3;1H. The number of hydrogen-bond donors (Lipinski definition) is 1. The summed E-state index contributed by atoms with van der Waals surface area (Å²) in [4.78, 5) is 1.86. The molecule has 94 valence electrons. The first-order valence-corrected chi connectivity index (χ1v) is 6.64. The van der Waals surface area contributed by atoms with Crippen LogP contribution in [0, 0.1) is 0 Å². The van der Waals surface area contributed by atoms with Crippen molar-refractivity contribution in [3.63, 3.8) is 0 Å². The Bertz CT molecular complexity index is 91.1. The van der Waals surface area contributed by atoms with E-state index in [1.165, 1.54) is 51.6 Å². The van der Waals surface area contributed by atoms with E-state index >= 15 is 0 Å². The third-order valence-corrected chi connectivity index (χ3v) is 2.99. The van der Waals surface area contributed by atoms with Crippen LogP contribution in [0.3, 0.4) is 0 Å². The zero-order valence-corrected chi connectivity index (χ0v) is 11.9. The topological polar surface area (TPSA) is 4.44 Å². The molecule has 1 nitrogen and oxygen atoms in total. The van der Waals surface area contributed by atoms with E-state index in [-0.39, 0.29) is 12.4 Å². The smallest absolute Gasteiger partial charge is 0.0874 e. The van der Waals surface area contributed by atoms with Gasteiger partial charge in [0, 0.05) is 0 Å². The lowest BCUT2D eigenvalue weighted by molar-refractivity contribution is -0.926. The van der Waals surface area contributed by atoms with Crippen LogP contribution in [0.2, 0.25) is 0 Å². The van der Waals surface area contributed by atoms with E-state index in [4.69, 9.17) is 0 Å². The Morgan fingerprint density at radius 3 is 1.40 bits per heavy atom. The fourth-order valence-electron chi connectivity index (χ4n) is 2.42. The van der Waals surface area contributed by atoms with Crippen LogP contribution in [0.15, 0.2) is 0 Å². The molecule has 0 radical (unpaired) electrons. The average Bonchev–Trinajstić information content (AvgIpc) is 2.17. The maximum atomic E-state index is 2.32. The van der Waals surface area contributed by atoms with Crippen LogP contribution in [-0.2, 0) is 0 Å². The molecule has 2 heteroatoms. The van der Waals surface area contributed by atoms with Crippen LogP contribution in [-0.4, -0.2) is 19.1 Å². The van der Waals surface area contributed by atoms with Gasteiger partial charge in [-0.2, -0.15) is 0 Å². The van der Waals surface area contributed by atoms with Gasteiger partial charge in [-0.15, -0.1) is 0 Å². The fourth-order valence-corrected chi connectivity index (χ4v) is 2.42. The Morgan fingerprint density at radius 1 is 0.733 bits per heavy atom. The lowest BCUT2D eigenvalue weighted by atomic mass is 10.0. The van der Waals surface area contributed by atoms with Crippen molar-refractivity contribution in [2.75, 3.05) is 13.1 Å². The Labute approximate surface area is 103 Å². The van der Waals surface area contributed by atoms with Crippen LogP contribution in [0.5, 0.6) is 0 Å². The number of halogens is 1. The van der Waals surface area contributed by atoms with Gasteiger partial charge in [0.2, 0.25) is 0 Å². The van der Waals surface area contributed by atoms with Gasteiger partial charge in [-0.1, -0.05) is 40.5 Å².